The van der Waals surface area contributed by atoms with Gasteiger partial charge >= 0.3 is 0 Å². The zero-order valence-corrected chi connectivity index (χ0v) is 12.7. The van der Waals surface area contributed by atoms with Crippen LogP contribution < -0.4 is 5.73 Å². The van der Waals surface area contributed by atoms with Crippen LogP contribution in [0.1, 0.15) is 18.9 Å². The molecule has 0 spiro atoms. The fourth-order valence-electron chi connectivity index (χ4n) is 1.35. The van der Waals surface area contributed by atoms with Crippen molar-refractivity contribution >= 4 is 57.8 Å². The average molecular weight is 326 g/mol. The van der Waals surface area contributed by atoms with E-state index in [0.29, 0.717) is 6.42 Å². The van der Waals surface area contributed by atoms with Crippen LogP contribution in [0.2, 0.25) is 0 Å². The predicted molar refractivity (Wildman–Crippen MR) is 81.4 cm³/mol. The van der Waals surface area contributed by atoms with E-state index in [1.807, 2.05) is 37.3 Å². The lowest BCUT2D eigenvalue weighted by molar-refractivity contribution is 1.21. The number of alkyl halides is 3. The highest BCUT2D eigenvalue weighted by molar-refractivity contribution is 6.76. The number of hydrogen-bond donors (Lipinski definition) is 1. The quantitative estimate of drug-likeness (QED) is 0.371. The molecule has 2 N–H and O–H groups in total. The van der Waals surface area contributed by atoms with E-state index in [2.05, 4.69) is 4.99 Å². The van der Waals surface area contributed by atoms with E-state index in [1.165, 1.54) is 0 Å². The third kappa shape index (κ3) is 4.36. The lowest BCUT2D eigenvalue weighted by Crippen LogP contribution is -2.28. The molecule has 0 unspecified atom stereocenters. The summed E-state index contributed by atoms with van der Waals surface area (Å²) in [7, 11) is 0. The normalized spacial score (nSPS) is 14.4. The van der Waals surface area contributed by atoms with Crippen molar-refractivity contribution in [3.8, 4) is 0 Å². The van der Waals surface area contributed by atoms with Crippen LogP contribution >= 0.6 is 46.4 Å². The van der Waals surface area contributed by atoms with Gasteiger partial charge in [-0.2, -0.15) is 0 Å². The second-order valence-electron chi connectivity index (χ2n) is 3.48. The second kappa shape index (κ2) is 6.67. The highest BCUT2D eigenvalue weighted by Crippen LogP contribution is 2.30. The van der Waals surface area contributed by atoms with Crippen LogP contribution in [0.5, 0.6) is 0 Å². The lowest BCUT2D eigenvalue weighted by Gasteiger charge is -2.11. The van der Waals surface area contributed by atoms with Gasteiger partial charge in [-0.1, -0.05) is 83.7 Å². The number of benzene rings is 1. The molecule has 2 nitrogen and oxygen atoms in total. The van der Waals surface area contributed by atoms with Gasteiger partial charge in [-0.25, -0.2) is 4.99 Å². The van der Waals surface area contributed by atoms with E-state index in [-0.39, 0.29) is 11.0 Å². The molecule has 0 aliphatic heterocycles. The van der Waals surface area contributed by atoms with Gasteiger partial charge in [0.15, 0.2) is 5.84 Å². The van der Waals surface area contributed by atoms with Crippen molar-refractivity contribution in [2.24, 2.45) is 10.7 Å². The van der Waals surface area contributed by atoms with E-state index in [0.717, 1.165) is 11.1 Å². The summed E-state index contributed by atoms with van der Waals surface area (Å²) >= 11 is 23.0. The van der Waals surface area contributed by atoms with Crippen LogP contribution in [-0.2, 0) is 0 Å². The summed E-state index contributed by atoms with van der Waals surface area (Å²) < 4.78 is -1.75. The number of nitrogens with two attached hydrogens (primary N) is 1. The topological polar surface area (TPSA) is 38.4 Å². The maximum absolute atomic E-state index is 6.12. The number of rotatable bonds is 3. The molecular weight excluding hydrogens is 314 g/mol. The van der Waals surface area contributed by atoms with E-state index in [9.17, 15) is 0 Å². The van der Waals surface area contributed by atoms with Gasteiger partial charge in [0.2, 0.25) is 3.79 Å². The molecule has 0 aliphatic rings. The van der Waals surface area contributed by atoms with E-state index in [1.54, 1.807) is 0 Å². The fraction of sp³-hybridized carbons (Fsp3) is 0.250. The summed E-state index contributed by atoms with van der Waals surface area (Å²) in [5, 5.41) is 0.229. The zero-order chi connectivity index (χ0) is 13.8. The van der Waals surface area contributed by atoms with Crippen molar-refractivity contribution in [1.29, 1.82) is 0 Å². The summed E-state index contributed by atoms with van der Waals surface area (Å²) in [6, 6.07) is 9.61. The van der Waals surface area contributed by atoms with Crippen molar-refractivity contribution in [3.63, 3.8) is 0 Å². The van der Waals surface area contributed by atoms with Crippen LogP contribution in [0.15, 0.2) is 40.5 Å². The first-order chi connectivity index (χ1) is 8.36. The highest BCUT2D eigenvalue weighted by atomic mass is 35.6. The summed E-state index contributed by atoms with van der Waals surface area (Å²) in [5.41, 5.74) is 7.36. The van der Waals surface area contributed by atoms with Gasteiger partial charge in [-0.05, 0) is 17.6 Å². The monoisotopic (exact) mass is 324 g/mol. The largest absolute Gasteiger partial charge is 0.384 e. The summed E-state index contributed by atoms with van der Waals surface area (Å²) in [4.78, 5) is 3.94. The van der Waals surface area contributed by atoms with Crippen molar-refractivity contribution in [2.45, 2.75) is 17.1 Å². The van der Waals surface area contributed by atoms with Crippen LogP contribution in [0, 0.1) is 0 Å². The predicted octanol–water partition coefficient (Wildman–Crippen LogP) is 4.73. The number of amidine groups is 1. The Hall–Kier alpha value is -0.410. The van der Waals surface area contributed by atoms with Crippen LogP contribution in [-0.4, -0.2) is 9.63 Å². The highest BCUT2D eigenvalue weighted by Gasteiger charge is 2.25. The van der Waals surface area contributed by atoms with E-state index >= 15 is 0 Å². The molecule has 0 saturated carbocycles. The Kier molecular flexibility index (Phi) is 5.80. The third-order valence-electron chi connectivity index (χ3n) is 2.23. The van der Waals surface area contributed by atoms with Gasteiger partial charge in [-0.15, -0.1) is 0 Å². The second-order valence-corrected chi connectivity index (χ2v) is 6.12. The van der Waals surface area contributed by atoms with Crippen LogP contribution in [0.25, 0.3) is 5.57 Å². The maximum Gasteiger partial charge on any atom is 0.247 e. The van der Waals surface area contributed by atoms with Gasteiger partial charge in [0, 0.05) is 0 Å². The number of halogens is 4. The fourth-order valence-corrected chi connectivity index (χ4v) is 1.81. The molecule has 0 radical (unpaired) electrons. The first-order valence-electron chi connectivity index (χ1n) is 5.21. The standard InChI is InChI=1S/C12H12Cl4N2/c1-2-9(8-6-4-3-5-7-8)10(13)18-11(17)12(14,15)16/h3-7H,2H2,1H3,(H2,17,18)/b10-9+. The first-order valence-corrected chi connectivity index (χ1v) is 6.73. The van der Waals surface area contributed by atoms with Crippen molar-refractivity contribution in [3.05, 3.63) is 41.1 Å². The smallest absolute Gasteiger partial charge is 0.247 e. The minimum absolute atomic E-state index is 0.153. The molecule has 0 bridgehead atoms. The van der Waals surface area contributed by atoms with Crippen LogP contribution in [0.4, 0.5) is 0 Å². The minimum atomic E-state index is -1.75. The van der Waals surface area contributed by atoms with Crippen molar-refractivity contribution in [1.82, 2.24) is 0 Å². The van der Waals surface area contributed by atoms with Crippen molar-refractivity contribution in [2.75, 3.05) is 0 Å². The molecular formula is C12H12Cl4N2. The number of hydrogen-bond acceptors (Lipinski definition) is 1. The SMILES string of the molecule is CC/C(=C(Cl)\N=C(\N)C(Cl)(Cl)Cl)c1ccccc1. The summed E-state index contributed by atoms with van der Waals surface area (Å²) in [6.45, 7) is 1.96. The van der Waals surface area contributed by atoms with Gasteiger partial charge in [-0.3, -0.25) is 0 Å². The molecule has 98 valence electrons. The van der Waals surface area contributed by atoms with Gasteiger partial charge < -0.3 is 5.73 Å². The minimum Gasteiger partial charge on any atom is -0.384 e. The molecule has 0 aromatic heterocycles. The molecule has 18 heavy (non-hydrogen) atoms. The summed E-state index contributed by atoms with van der Waals surface area (Å²) in [5.74, 6) is -0.153. The average Bonchev–Trinajstić information content (AvgIpc) is 2.30. The Morgan fingerprint density at radius 2 is 1.78 bits per heavy atom. The molecule has 0 atom stereocenters. The molecule has 1 aromatic carbocycles. The first kappa shape index (κ1) is 15.6. The molecule has 1 aromatic rings. The Bertz CT molecular complexity index is 461. The molecule has 0 saturated heterocycles. The zero-order valence-electron chi connectivity index (χ0n) is 9.63. The third-order valence-corrected chi connectivity index (χ3v) is 3.13. The van der Waals surface area contributed by atoms with Gasteiger partial charge in [0.05, 0.1) is 0 Å². The Morgan fingerprint density at radius 3 is 2.22 bits per heavy atom. The number of aliphatic imine (C=N–C) groups is 1. The molecule has 1 rings (SSSR count). The summed E-state index contributed by atoms with van der Waals surface area (Å²) in [6.07, 6.45) is 0.694. The van der Waals surface area contributed by atoms with E-state index < -0.39 is 3.79 Å². The lowest BCUT2D eigenvalue weighted by atomic mass is 10.1. The number of allylic oxidation sites excluding steroid dienone is 1. The molecule has 0 aliphatic carbocycles. The Balaban J connectivity index is 3.17. The number of nitrogens with zero attached hydrogens (tertiary/aromatic N) is 1. The van der Waals surface area contributed by atoms with Crippen molar-refractivity contribution < 1.29 is 0 Å². The molecule has 0 heterocycles. The molecule has 0 amide bonds. The maximum atomic E-state index is 6.12. The van der Waals surface area contributed by atoms with E-state index in [4.69, 9.17) is 52.1 Å². The Morgan fingerprint density at radius 1 is 1.22 bits per heavy atom. The molecule has 6 heteroatoms. The Labute approximate surface area is 126 Å². The van der Waals surface area contributed by atoms with Gasteiger partial charge in [0.1, 0.15) is 5.16 Å². The molecule has 0 fully saturated rings. The van der Waals surface area contributed by atoms with Gasteiger partial charge in [0.25, 0.3) is 0 Å². The van der Waals surface area contributed by atoms with Crippen LogP contribution in [0.3, 0.4) is 0 Å².